The Morgan fingerprint density at radius 3 is 1.23 bits per heavy atom. The molecular formula is C14H32O7Si. The maximum atomic E-state index is 5.47. The first-order valence-electron chi connectivity index (χ1n) is 8.30. The van der Waals surface area contributed by atoms with E-state index >= 15 is 0 Å². The maximum Gasteiger partial charge on any atom is 0.764 e. The Morgan fingerprint density at radius 2 is 0.955 bits per heavy atom. The molecule has 0 heterocycles. The van der Waals surface area contributed by atoms with Crippen LogP contribution in [0, 0.1) is 0 Å². The fourth-order valence-electron chi connectivity index (χ4n) is 1.24. The van der Waals surface area contributed by atoms with E-state index in [4.69, 9.17) is 32.8 Å². The molecule has 0 N–H and O–H groups in total. The van der Waals surface area contributed by atoms with E-state index in [0.717, 1.165) is 38.5 Å². The summed E-state index contributed by atoms with van der Waals surface area (Å²) in [7, 11) is -3.61. The normalized spacial score (nSPS) is 12.0. The Balaban J connectivity index is 4.39. The second-order valence-corrected chi connectivity index (χ2v) is 6.50. The fraction of sp³-hybridized carbons (Fsp3) is 1.00. The maximum absolute atomic E-state index is 5.47. The number of rotatable bonds is 17. The average molecular weight is 340 g/mol. The summed E-state index contributed by atoms with van der Waals surface area (Å²) in [6.45, 7) is 9.60. The minimum Gasteiger partial charge on any atom is -0.348 e. The van der Waals surface area contributed by atoms with Crippen LogP contribution in [0.2, 0.25) is 0 Å². The van der Waals surface area contributed by atoms with Crippen molar-refractivity contribution < 1.29 is 32.8 Å². The summed E-state index contributed by atoms with van der Waals surface area (Å²) in [5, 5.41) is 0. The molecule has 0 rings (SSSR count). The first kappa shape index (κ1) is 21.9. The summed E-state index contributed by atoms with van der Waals surface area (Å²) in [6.07, 6.45) is 5.58. The number of hydrogen-bond donors (Lipinski definition) is 0. The van der Waals surface area contributed by atoms with Gasteiger partial charge in [-0.2, -0.15) is 13.7 Å². The third-order valence-electron chi connectivity index (χ3n) is 2.55. The van der Waals surface area contributed by atoms with Crippen LogP contribution in [0.1, 0.15) is 66.2 Å². The Morgan fingerprint density at radius 1 is 0.591 bits per heavy atom. The van der Waals surface area contributed by atoms with E-state index in [0.29, 0.717) is 26.4 Å². The second kappa shape index (κ2) is 15.8. The van der Waals surface area contributed by atoms with Crippen molar-refractivity contribution in [2.24, 2.45) is 0 Å². The van der Waals surface area contributed by atoms with Crippen LogP contribution in [-0.4, -0.2) is 35.5 Å². The van der Waals surface area contributed by atoms with Crippen molar-refractivity contribution in [3.05, 3.63) is 0 Å². The van der Waals surface area contributed by atoms with E-state index < -0.39 is 9.05 Å². The van der Waals surface area contributed by atoms with Gasteiger partial charge in [-0.1, -0.05) is 40.0 Å². The van der Waals surface area contributed by atoms with Gasteiger partial charge in [-0.3, -0.25) is 0 Å². The van der Waals surface area contributed by atoms with Gasteiger partial charge in [0, 0.05) is 6.61 Å². The van der Waals surface area contributed by atoms with Crippen LogP contribution in [0.25, 0.3) is 0 Å². The highest BCUT2D eigenvalue weighted by Gasteiger charge is 2.52. The van der Waals surface area contributed by atoms with E-state index in [-0.39, 0.29) is 0 Å². The van der Waals surface area contributed by atoms with Crippen molar-refractivity contribution in [3.8, 4) is 0 Å². The SMILES string of the molecule is CCCCOO[Si](OCC)(OOCCCC)OOCCCC. The monoisotopic (exact) mass is 340 g/mol. The summed E-state index contributed by atoms with van der Waals surface area (Å²) in [4.78, 5) is 15.4. The van der Waals surface area contributed by atoms with Gasteiger partial charge in [0.25, 0.3) is 0 Å². The van der Waals surface area contributed by atoms with Crippen LogP contribution in [0.5, 0.6) is 0 Å². The molecule has 0 aromatic carbocycles. The van der Waals surface area contributed by atoms with Gasteiger partial charge in [0.2, 0.25) is 0 Å². The molecule has 22 heavy (non-hydrogen) atoms. The van der Waals surface area contributed by atoms with Crippen molar-refractivity contribution >= 4 is 9.05 Å². The zero-order valence-corrected chi connectivity index (χ0v) is 15.4. The van der Waals surface area contributed by atoms with Gasteiger partial charge in [-0.15, -0.1) is 0 Å². The van der Waals surface area contributed by atoms with Crippen LogP contribution in [0.15, 0.2) is 0 Å². The van der Waals surface area contributed by atoms with E-state index in [1.54, 1.807) is 0 Å². The molecule has 0 aromatic rings. The molecule has 0 fully saturated rings. The lowest BCUT2D eigenvalue weighted by Gasteiger charge is -2.23. The zero-order valence-electron chi connectivity index (χ0n) is 14.4. The van der Waals surface area contributed by atoms with Crippen LogP contribution in [0.4, 0.5) is 0 Å². The van der Waals surface area contributed by atoms with Gasteiger partial charge in [-0.05, 0) is 26.2 Å². The minimum absolute atomic E-state index is 0.331. The molecule has 0 atom stereocenters. The quantitative estimate of drug-likeness (QED) is 0.173. The Bertz CT molecular complexity index is 200. The zero-order chi connectivity index (χ0) is 16.5. The first-order chi connectivity index (χ1) is 10.7. The lowest BCUT2D eigenvalue weighted by Crippen LogP contribution is -2.49. The minimum atomic E-state index is -3.61. The highest BCUT2D eigenvalue weighted by molar-refractivity contribution is 6.52. The van der Waals surface area contributed by atoms with Crippen molar-refractivity contribution in [1.29, 1.82) is 0 Å². The number of unbranched alkanes of at least 4 members (excludes halogenated alkanes) is 3. The molecule has 0 aromatic heterocycles. The van der Waals surface area contributed by atoms with Crippen molar-refractivity contribution in [1.82, 2.24) is 0 Å². The van der Waals surface area contributed by atoms with Crippen molar-refractivity contribution in [2.75, 3.05) is 26.4 Å². The fourth-order valence-corrected chi connectivity index (χ4v) is 2.51. The summed E-state index contributed by atoms with van der Waals surface area (Å²) < 4.78 is 21.2. The summed E-state index contributed by atoms with van der Waals surface area (Å²) in [6, 6.07) is 0. The highest BCUT2D eigenvalue weighted by Crippen LogP contribution is 2.15. The molecule has 0 aliphatic heterocycles. The van der Waals surface area contributed by atoms with Crippen LogP contribution < -0.4 is 0 Å². The molecule has 7 nitrogen and oxygen atoms in total. The third kappa shape index (κ3) is 11.5. The lowest BCUT2D eigenvalue weighted by molar-refractivity contribution is -0.388. The molecule has 0 bridgehead atoms. The summed E-state index contributed by atoms with van der Waals surface area (Å²) in [5.74, 6) is 0. The molecule has 134 valence electrons. The van der Waals surface area contributed by atoms with E-state index in [1.165, 1.54) is 0 Å². The van der Waals surface area contributed by atoms with Gasteiger partial charge in [0.15, 0.2) is 0 Å². The molecule has 8 heteroatoms. The molecule has 0 aliphatic rings. The van der Waals surface area contributed by atoms with Gasteiger partial charge in [0.05, 0.1) is 19.8 Å². The van der Waals surface area contributed by atoms with Crippen molar-refractivity contribution in [2.45, 2.75) is 66.2 Å². The average Bonchev–Trinajstić information content (AvgIpc) is 2.53. The number of hydrogen-bond acceptors (Lipinski definition) is 7. The summed E-state index contributed by atoms with van der Waals surface area (Å²) in [5.41, 5.74) is 0. The van der Waals surface area contributed by atoms with Crippen molar-refractivity contribution in [3.63, 3.8) is 0 Å². The van der Waals surface area contributed by atoms with Gasteiger partial charge < -0.3 is 4.43 Å². The molecule has 0 aliphatic carbocycles. The molecule has 0 radical (unpaired) electrons. The largest absolute Gasteiger partial charge is 0.764 e. The Hall–Kier alpha value is -0.0631. The van der Waals surface area contributed by atoms with E-state index in [2.05, 4.69) is 20.8 Å². The molecule has 0 spiro atoms. The predicted molar refractivity (Wildman–Crippen MR) is 83.2 cm³/mol. The second-order valence-electron chi connectivity index (χ2n) is 4.71. The predicted octanol–water partition coefficient (Wildman–Crippen LogP) is 3.70. The molecular weight excluding hydrogens is 308 g/mol. The molecule has 0 saturated carbocycles. The molecule has 0 saturated heterocycles. The lowest BCUT2D eigenvalue weighted by atomic mass is 10.4. The van der Waals surface area contributed by atoms with Gasteiger partial charge in [0.1, 0.15) is 0 Å². The summed E-state index contributed by atoms with van der Waals surface area (Å²) >= 11 is 0. The molecule has 0 amide bonds. The van der Waals surface area contributed by atoms with Gasteiger partial charge >= 0.3 is 9.05 Å². The first-order valence-corrected chi connectivity index (χ1v) is 9.93. The van der Waals surface area contributed by atoms with Crippen LogP contribution >= 0.6 is 0 Å². The van der Waals surface area contributed by atoms with Gasteiger partial charge in [-0.25, -0.2) is 14.7 Å². The Kier molecular flexibility index (Phi) is 15.8. The Labute approximate surface area is 135 Å². The topological polar surface area (TPSA) is 64.6 Å². The van der Waals surface area contributed by atoms with E-state index in [9.17, 15) is 0 Å². The smallest absolute Gasteiger partial charge is 0.348 e. The standard InChI is InChI=1S/C14H32O7Si/c1-5-9-12-15-19-22(18-8-4,20-16-13-10-6-2)21-17-14-11-7-3/h5-14H2,1-4H3. The van der Waals surface area contributed by atoms with Crippen LogP contribution in [0.3, 0.4) is 0 Å². The third-order valence-corrected chi connectivity index (χ3v) is 4.16. The highest BCUT2D eigenvalue weighted by atomic mass is 28.4. The van der Waals surface area contributed by atoms with Crippen LogP contribution in [-0.2, 0) is 32.8 Å². The van der Waals surface area contributed by atoms with E-state index in [1.807, 2.05) is 6.92 Å². The molecule has 0 unspecified atom stereocenters.